The highest BCUT2D eigenvalue weighted by Gasteiger charge is 2.13. The predicted octanol–water partition coefficient (Wildman–Crippen LogP) is 6.50. The average Bonchev–Trinajstić information content (AvgIpc) is 2.78. The van der Waals surface area contributed by atoms with Gasteiger partial charge in [-0.3, -0.25) is 0 Å². The number of hydrogen-bond donors (Lipinski definition) is 1. The van der Waals surface area contributed by atoms with Gasteiger partial charge in [-0.1, -0.05) is 42.0 Å². The molecule has 3 rings (SSSR count). The third-order valence-electron chi connectivity index (χ3n) is 4.71. The first kappa shape index (κ1) is 23.1. The normalized spacial score (nSPS) is 11.0. The van der Waals surface area contributed by atoms with Crippen LogP contribution < -0.4 is 9.47 Å². The lowest BCUT2D eigenvalue weighted by Gasteiger charge is -2.15. The number of carboxylic acids is 1. The first-order valence-electron chi connectivity index (χ1n) is 10.0. The third kappa shape index (κ3) is 5.77. The zero-order valence-electron chi connectivity index (χ0n) is 17.8. The van der Waals surface area contributed by atoms with E-state index in [2.05, 4.69) is 22.0 Å². The van der Waals surface area contributed by atoms with Crippen molar-refractivity contribution in [2.24, 2.45) is 0 Å². The molecule has 1 N–H and O–H groups in total. The van der Waals surface area contributed by atoms with E-state index in [1.54, 1.807) is 18.2 Å². The van der Waals surface area contributed by atoms with Gasteiger partial charge in [0.15, 0.2) is 11.5 Å². The smallest absolute Gasteiger partial charge is 0.335 e. The van der Waals surface area contributed by atoms with Gasteiger partial charge in [-0.15, -0.1) is 0 Å². The third-order valence-corrected chi connectivity index (χ3v) is 5.30. The summed E-state index contributed by atoms with van der Waals surface area (Å²) in [6.45, 7) is 4.79. The largest absolute Gasteiger partial charge is 0.490 e. The number of rotatable bonds is 8. The summed E-state index contributed by atoms with van der Waals surface area (Å²) in [6.07, 6.45) is 1.73. The Balaban J connectivity index is 1.90. The van der Waals surface area contributed by atoms with Gasteiger partial charge in [0, 0.05) is 0 Å². The van der Waals surface area contributed by atoms with Crippen LogP contribution in [0.1, 0.15) is 39.5 Å². The van der Waals surface area contributed by atoms with Crippen molar-refractivity contribution in [2.45, 2.75) is 20.5 Å². The lowest BCUT2D eigenvalue weighted by Crippen LogP contribution is -2.01. The van der Waals surface area contributed by atoms with Crippen LogP contribution in [0.3, 0.4) is 0 Å². The second kappa shape index (κ2) is 10.7. The molecule has 5 nitrogen and oxygen atoms in total. The maximum Gasteiger partial charge on any atom is 0.335 e. The first-order valence-corrected chi connectivity index (χ1v) is 10.8. The van der Waals surface area contributed by atoms with Crippen molar-refractivity contribution < 1.29 is 19.4 Å². The van der Waals surface area contributed by atoms with Gasteiger partial charge >= 0.3 is 5.97 Å². The van der Waals surface area contributed by atoms with Crippen LogP contribution in [0.4, 0.5) is 0 Å². The van der Waals surface area contributed by atoms with Gasteiger partial charge in [0.1, 0.15) is 6.61 Å². The monoisotopic (exact) mass is 491 g/mol. The van der Waals surface area contributed by atoms with Gasteiger partial charge in [-0.2, -0.15) is 5.26 Å². The number of allylic oxidation sites excluding steroid dienone is 1. The Kier molecular flexibility index (Phi) is 7.69. The molecule has 0 fully saturated rings. The SMILES string of the molecule is CCOc1cc(C=C(C#N)c2ccc(C(=O)O)cc2)cc(Br)c1OCc1ccc(C)cc1. The van der Waals surface area contributed by atoms with E-state index >= 15 is 0 Å². The molecule has 0 unspecified atom stereocenters. The number of nitriles is 1. The molecule has 0 atom stereocenters. The average molecular weight is 492 g/mol. The number of aromatic carboxylic acids is 1. The van der Waals surface area contributed by atoms with Crippen molar-refractivity contribution >= 4 is 33.5 Å². The van der Waals surface area contributed by atoms with Crippen molar-refractivity contribution in [3.05, 3.63) is 93.0 Å². The number of carbonyl (C=O) groups is 1. The van der Waals surface area contributed by atoms with Gasteiger partial charge in [0.05, 0.1) is 28.3 Å². The zero-order chi connectivity index (χ0) is 23.1. The molecule has 0 aliphatic carbocycles. The quantitative estimate of drug-likeness (QED) is 0.287. The van der Waals surface area contributed by atoms with E-state index in [9.17, 15) is 10.1 Å². The number of halogens is 1. The Hall–Kier alpha value is -3.56. The topological polar surface area (TPSA) is 79.5 Å². The Morgan fingerprint density at radius 3 is 2.31 bits per heavy atom. The summed E-state index contributed by atoms with van der Waals surface area (Å²) in [7, 11) is 0. The molecule has 3 aromatic carbocycles. The summed E-state index contributed by atoms with van der Waals surface area (Å²) in [4.78, 5) is 11.1. The molecule has 0 spiro atoms. The van der Waals surface area contributed by atoms with Crippen LogP contribution in [-0.4, -0.2) is 17.7 Å². The molecular weight excluding hydrogens is 470 g/mol. The molecule has 0 amide bonds. The molecule has 0 radical (unpaired) electrons. The summed E-state index contributed by atoms with van der Waals surface area (Å²) >= 11 is 3.56. The van der Waals surface area contributed by atoms with Gasteiger partial charge < -0.3 is 14.6 Å². The molecule has 0 aromatic heterocycles. The number of benzene rings is 3. The number of nitrogens with zero attached hydrogens (tertiary/aromatic N) is 1. The highest BCUT2D eigenvalue weighted by molar-refractivity contribution is 9.10. The fourth-order valence-corrected chi connectivity index (χ4v) is 3.63. The maximum atomic E-state index is 11.1. The molecule has 0 saturated heterocycles. The molecule has 162 valence electrons. The number of ether oxygens (including phenoxy) is 2. The summed E-state index contributed by atoms with van der Waals surface area (Å²) in [5.41, 5.74) is 4.19. The molecular formula is C26H22BrNO4. The number of aryl methyl sites for hydroxylation is 1. The van der Waals surface area contributed by atoms with E-state index in [-0.39, 0.29) is 5.56 Å². The highest BCUT2D eigenvalue weighted by atomic mass is 79.9. The summed E-state index contributed by atoms with van der Waals surface area (Å²) < 4.78 is 12.5. The van der Waals surface area contributed by atoms with Gasteiger partial charge in [-0.05, 0) is 76.8 Å². The number of hydrogen-bond acceptors (Lipinski definition) is 4. The minimum atomic E-state index is -1.01. The zero-order valence-corrected chi connectivity index (χ0v) is 19.3. The van der Waals surface area contributed by atoms with Crippen LogP contribution in [0.5, 0.6) is 11.5 Å². The van der Waals surface area contributed by atoms with Crippen LogP contribution in [0.2, 0.25) is 0 Å². The van der Waals surface area contributed by atoms with Crippen molar-refractivity contribution in [1.29, 1.82) is 5.26 Å². The first-order chi connectivity index (χ1) is 15.4. The van der Waals surface area contributed by atoms with Crippen LogP contribution in [-0.2, 0) is 6.61 Å². The van der Waals surface area contributed by atoms with E-state index in [0.717, 1.165) is 11.1 Å². The Bertz CT molecular complexity index is 1180. The molecule has 6 heteroatoms. The summed E-state index contributed by atoms with van der Waals surface area (Å²) in [5, 5.41) is 18.7. The van der Waals surface area contributed by atoms with Crippen molar-refractivity contribution in [2.75, 3.05) is 6.61 Å². The summed E-state index contributed by atoms with van der Waals surface area (Å²) in [5.74, 6) is 0.151. The maximum absolute atomic E-state index is 11.1. The van der Waals surface area contributed by atoms with E-state index < -0.39 is 5.97 Å². The minimum absolute atomic E-state index is 0.169. The van der Waals surface area contributed by atoms with E-state index in [1.165, 1.54) is 17.7 Å². The molecule has 0 aliphatic heterocycles. The molecule has 3 aromatic rings. The van der Waals surface area contributed by atoms with Crippen molar-refractivity contribution in [3.8, 4) is 17.6 Å². The molecule has 0 bridgehead atoms. The van der Waals surface area contributed by atoms with E-state index in [4.69, 9.17) is 14.6 Å². The van der Waals surface area contributed by atoms with Gasteiger partial charge in [0.25, 0.3) is 0 Å². The second-order valence-electron chi connectivity index (χ2n) is 7.09. The van der Waals surface area contributed by atoms with Crippen LogP contribution in [0.25, 0.3) is 11.6 Å². The molecule has 32 heavy (non-hydrogen) atoms. The van der Waals surface area contributed by atoms with E-state index in [0.29, 0.717) is 40.3 Å². The van der Waals surface area contributed by atoms with Crippen LogP contribution in [0, 0.1) is 18.3 Å². The highest BCUT2D eigenvalue weighted by Crippen LogP contribution is 2.38. The fraction of sp³-hybridized carbons (Fsp3) is 0.154. The van der Waals surface area contributed by atoms with Gasteiger partial charge in [-0.25, -0.2) is 4.79 Å². The standard InChI is InChI=1S/C26H22BrNO4/c1-3-31-24-14-19(12-22(15-28)20-8-10-21(11-9-20)26(29)30)13-23(27)25(24)32-16-18-6-4-17(2)5-7-18/h4-14H,3,16H2,1-2H3,(H,29,30). The molecule has 0 aliphatic rings. The van der Waals surface area contributed by atoms with Crippen LogP contribution in [0.15, 0.2) is 65.1 Å². The molecule has 0 saturated carbocycles. The van der Waals surface area contributed by atoms with Crippen molar-refractivity contribution in [3.63, 3.8) is 0 Å². The second-order valence-corrected chi connectivity index (χ2v) is 7.94. The van der Waals surface area contributed by atoms with E-state index in [1.807, 2.05) is 50.2 Å². The lowest BCUT2D eigenvalue weighted by atomic mass is 10.0. The Labute approximate surface area is 195 Å². The molecule has 0 heterocycles. The Morgan fingerprint density at radius 1 is 1.06 bits per heavy atom. The fourth-order valence-electron chi connectivity index (χ4n) is 3.05. The Morgan fingerprint density at radius 2 is 1.72 bits per heavy atom. The minimum Gasteiger partial charge on any atom is -0.490 e. The van der Waals surface area contributed by atoms with Crippen molar-refractivity contribution in [1.82, 2.24) is 0 Å². The van der Waals surface area contributed by atoms with Crippen LogP contribution >= 0.6 is 15.9 Å². The van der Waals surface area contributed by atoms with Gasteiger partial charge in [0.2, 0.25) is 0 Å². The summed E-state index contributed by atoms with van der Waals surface area (Å²) in [6, 6.07) is 20.2. The predicted molar refractivity (Wildman–Crippen MR) is 128 cm³/mol. The number of carboxylic acid groups (broad SMARTS) is 1. The lowest BCUT2D eigenvalue weighted by molar-refractivity contribution is 0.0697.